The molecule has 2 saturated heterocycles. The number of ether oxygens (including phenoxy) is 3. The molecule has 13 heteroatoms. The Hall–Kier alpha value is -3.19. The van der Waals surface area contributed by atoms with E-state index in [0.717, 1.165) is 6.07 Å². The van der Waals surface area contributed by atoms with Gasteiger partial charge in [0.25, 0.3) is 0 Å². The van der Waals surface area contributed by atoms with Gasteiger partial charge >= 0.3 is 16.3 Å². The molecule has 1 aromatic rings. The maximum Gasteiger partial charge on any atom is 0.414 e. The smallest absolute Gasteiger partial charge is 0.414 e. The quantitative estimate of drug-likeness (QED) is 0.460. The molecule has 3 aliphatic rings. The van der Waals surface area contributed by atoms with E-state index in [9.17, 15) is 21.9 Å². The third-order valence-electron chi connectivity index (χ3n) is 7.66. The first-order valence-electron chi connectivity index (χ1n) is 13.5. The first-order valence-corrected chi connectivity index (χ1v) is 14.9. The van der Waals surface area contributed by atoms with Gasteiger partial charge in [-0.3, -0.25) is 14.6 Å². The minimum Gasteiger partial charge on any atom is -0.495 e. The van der Waals surface area contributed by atoms with E-state index in [0.29, 0.717) is 31.6 Å². The largest absolute Gasteiger partial charge is 0.495 e. The summed E-state index contributed by atoms with van der Waals surface area (Å²) in [5.74, 6) is -1.24. The van der Waals surface area contributed by atoms with Crippen LogP contribution in [0.25, 0.3) is 0 Å². The van der Waals surface area contributed by atoms with Crippen LogP contribution >= 0.6 is 0 Å². The molecule has 0 aromatic heterocycles. The molecule has 0 bridgehead atoms. The van der Waals surface area contributed by atoms with Crippen molar-refractivity contribution in [1.82, 2.24) is 15.1 Å². The number of nitrogens with one attached hydrogen (secondary N) is 1. The summed E-state index contributed by atoms with van der Waals surface area (Å²) < 4.78 is 68.2. The van der Waals surface area contributed by atoms with Crippen molar-refractivity contribution >= 4 is 22.2 Å². The molecule has 1 aromatic carbocycles. The lowest BCUT2D eigenvalue weighted by molar-refractivity contribution is -0.132. The molecule has 3 atom stereocenters. The Labute approximate surface area is 239 Å². The number of halogens is 2. The Kier molecular flexibility index (Phi) is 8.43. The van der Waals surface area contributed by atoms with Gasteiger partial charge in [0.2, 0.25) is 5.91 Å². The van der Waals surface area contributed by atoms with Gasteiger partial charge < -0.3 is 19.5 Å². The van der Waals surface area contributed by atoms with Crippen LogP contribution < -0.4 is 14.8 Å². The van der Waals surface area contributed by atoms with Gasteiger partial charge in [-0.2, -0.15) is 8.42 Å². The van der Waals surface area contributed by atoms with Crippen molar-refractivity contribution in [2.24, 2.45) is 5.92 Å². The Morgan fingerprint density at radius 1 is 1.29 bits per heavy atom. The second-order valence-corrected chi connectivity index (χ2v) is 12.9. The highest BCUT2D eigenvalue weighted by Gasteiger charge is 2.56. The van der Waals surface area contributed by atoms with Crippen LogP contribution in [0, 0.1) is 5.92 Å². The molecule has 2 unspecified atom stereocenters. The standard InChI is InChI=1S/C28H37F2N3O7S/c1-7-33(26(35)40-27(2,3)4)21-14-17(29)13-20-24(21)31-25(34)28(20,5)32-12-8-9-19(16-32)39-18-10-11-23(41(30,36)37)22(15-18)38-6/h10-11,14-15,19-20H,7-9,12-13,16H2,1-6H3,(H,31,34)/t19-,20?,28?/m1/s1. The Balaban J connectivity index is 1.60. The Morgan fingerprint density at radius 3 is 2.61 bits per heavy atom. The van der Waals surface area contributed by atoms with Gasteiger partial charge in [-0.05, 0) is 72.2 Å². The molecule has 1 aliphatic carbocycles. The molecule has 2 heterocycles. The van der Waals surface area contributed by atoms with Gasteiger partial charge in [-0.25, -0.2) is 9.18 Å². The number of rotatable bonds is 7. The molecule has 4 rings (SSSR count). The van der Waals surface area contributed by atoms with Crippen molar-refractivity contribution in [3.05, 3.63) is 41.5 Å². The maximum atomic E-state index is 15.1. The molecule has 10 nitrogen and oxygen atoms in total. The van der Waals surface area contributed by atoms with Crippen molar-refractivity contribution in [3.8, 4) is 11.5 Å². The number of piperidine rings is 1. The van der Waals surface area contributed by atoms with E-state index < -0.39 is 50.2 Å². The van der Waals surface area contributed by atoms with Crippen molar-refractivity contribution < 1.29 is 40.5 Å². The van der Waals surface area contributed by atoms with Crippen LogP contribution in [0.2, 0.25) is 0 Å². The van der Waals surface area contributed by atoms with Crippen molar-refractivity contribution in [2.45, 2.75) is 76.0 Å². The normalized spacial score (nSPS) is 25.3. The van der Waals surface area contributed by atoms with Crippen LogP contribution in [-0.4, -0.2) is 74.2 Å². The minimum atomic E-state index is -4.98. The lowest BCUT2D eigenvalue weighted by Crippen LogP contribution is -2.59. The van der Waals surface area contributed by atoms with Crippen molar-refractivity contribution in [2.75, 3.05) is 26.7 Å². The fourth-order valence-corrected chi connectivity index (χ4v) is 6.29. The molecule has 0 spiro atoms. The summed E-state index contributed by atoms with van der Waals surface area (Å²) >= 11 is 0. The van der Waals surface area contributed by atoms with E-state index in [1.807, 2.05) is 4.90 Å². The minimum absolute atomic E-state index is 0.0155. The predicted octanol–water partition coefficient (Wildman–Crippen LogP) is 4.43. The topological polar surface area (TPSA) is 114 Å². The summed E-state index contributed by atoms with van der Waals surface area (Å²) in [5, 5.41) is 2.94. The highest BCUT2D eigenvalue weighted by atomic mass is 32.3. The fourth-order valence-electron chi connectivity index (χ4n) is 5.67. The zero-order valence-electron chi connectivity index (χ0n) is 24.1. The lowest BCUT2D eigenvalue weighted by atomic mass is 9.78. The molecule has 41 heavy (non-hydrogen) atoms. The Morgan fingerprint density at radius 2 is 2.00 bits per heavy atom. The molecule has 0 saturated carbocycles. The van der Waals surface area contributed by atoms with E-state index in [4.69, 9.17) is 14.2 Å². The number of hydrogen-bond acceptors (Lipinski definition) is 8. The maximum absolute atomic E-state index is 15.1. The summed E-state index contributed by atoms with van der Waals surface area (Å²) in [4.78, 5) is 29.3. The molecule has 2 fully saturated rings. The summed E-state index contributed by atoms with van der Waals surface area (Å²) in [6.07, 6.45) is 1.56. The molecule has 1 N–H and O–H groups in total. The van der Waals surface area contributed by atoms with E-state index >= 15 is 4.39 Å². The van der Waals surface area contributed by atoms with Crippen molar-refractivity contribution in [3.63, 3.8) is 0 Å². The summed E-state index contributed by atoms with van der Waals surface area (Å²) in [6, 6.07) is 3.73. The number of carbonyl (C=O) groups is 2. The summed E-state index contributed by atoms with van der Waals surface area (Å²) in [5.41, 5.74) is -1.15. The van der Waals surface area contributed by atoms with Crippen LogP contribution in [0.1, 0.15) is 53.9 Å². The van der Waals surface area contributed by atoms with Gasteiger partial charge in [-0.1, -0.05) is 0 Å². The molecule has 2 aliphatic heterocycles. The van der Waals surface area contributed by atoms with Crippen LogP contribution in [0.5, 0.6) is 11.5 Å². The van der Waals surface area contributed by atoms with Gasteiger partial charge in [0.1, 0.15) is 39.5 Å². The number of fused-ring (bicyclic) bond motifs is 1. The average molecular weight is 598 g/mol. The Bertz CT molecular complexity index is 1390. The van der Waals surface area contributed by atoms with Crippen molar-refractivity contribution in [1.29, 1.82) is 0 Å². The number of hydrogen-bond donors (Lipinski definition) is 1. The first-order chi connectivity index (χ1) is 19.1. The number of nitrogens with zero attached hydrogens (tertiary/aromatic N) is 2. The molecule has 226 valence electrons. The third-order valence-corrected chi connectivity index (χ3v) is 8.52. The van der Waals surface area contributed by atoms with Crippen LogP contribution in [-0.2, 0) is 19.8 Å². The summed E-state index contributed by atoms with van der Waals surface area (Å²) in [7, 11) is -3.75. The highest BCUT2D eigenvalue weighted by Crippen LogP contribution is 2.45. The highest BCUT2D eigenvalue weighted by molar-refractivity contribution is 7.86. The number of likely N-dealkylation sites (tertiary alicyclic amines) is 1. The van der Waals surface area contributed by atoms with Gasteiger partial charge in [0.15, 0.2) is 0 Å². The number of methoxy groups -OCH3 is 1. The second-order valence-electron chi connectivity index (χ2n) is 11.6. The fraction of sp³-hybridized carbons (Fsp3) is 0.571. The van der Waals surface area contributed by atoms with Gasteiger partial charge in [0, 0.05) is 37.2 Å². The van der Waals surface area contributed by atoms with Crippen LogP contribution in [0.3, 0.4) is 0 Å². The van der Waals surface area contributed by atoms with Gasteiger partial charge in [0.05, 0.1) is 12.8 Å². The van der Waals surface area contributed by atoms with E-state index in [-0.39, 0.29) is 36.1 Å². The van der Waals surface area contributed by atoms with Crippen LogP contribution in [0.4, 0.5) is 13.1 Å². The van der Waals surface area contributed by atoms with E-state index in [2.05, 4.69) is 5.32 Å². The average Bonchev–Trinajstić information content (AvgIpc) is 3.13. The number of likely N-dealkylation sites (N-methyl/N-ethyl adjacent to an activating group) is 1. The van der Waals surface area contributed by atoms with E-state index in [1.165, 1.54) is 30.2 Å². The number of amides is 2. The molecule has 2 amide bonds. The molecular weight excluding hydrogens is 560 g/mol. The van der Waals surface area contributed by atoms with Crippen LogP contribution in [0.15, 0.2) is 46.4 Å². The monoisotopic (exact) mass is 597 g/mol. The van der Waals surface area contributed by atoms with E-state index in [1.54, 1.807) is 34.6 Å². The third kappa shape index (κ3) is 6.20. The second kappa shape index (κ2) is 11.2. The molecule has 0 radical (unpaired) electrons. The number of benzene rings is 1. The zero-order chi connectivity index (χ0) is 30.3. The van der Waals surface area contributed by atoms with Gasteiger partial charge in [-0.15, -0.1) is 3.89 Å². The number of carbonyl (C=O) groups excluding carboxylic acids is 2. The SMILES string of the molecule is CCN(C(=O)OC(C)(C)C)C1=C2NC(=O)C(C)(N3CCC[C@@H](Oc4ccc(S(=O)(=O)F)c(OC)c4)C3)C2CC(F)=C1. The zero-order valence-corrected chi connectivity index (χ0v) is 24.9. The number of allylic oxidation sites excluding steroid dienone is 2. The molecular formula is C28H37F2N3O7S. The predicted molar refractivity (Wildman–Crippen MR) is 146 cm³/mol. The first kappa shape index (κ1) is 30.8. The lowest BCUT2D eigenvalue weighted by Gasteiger charge is -2.45. The summed E-state index contributed by atoms with van der Waals surface area (Å²) in [6.45, 7) is 9.84.